The summed E-state index contributed by atoms with van der Waals surface area (Å²) in [5.41, 5.74) is 7.68. The molecule has 0 unspecified atom stereocenters. The van der Waals surface area contributed by atoms with Crippen LogP contribution in [0.1, 0.15) is 16.1 Å². The molecule has 0 saturated heterocycles. The van der Waals surface area contributed by atoms with Crippen molar-refractivity contribution in [1.29, 1.82) is 0 Å². The summed E-state index contributed by atoms with van der Waals surface area (Å²) in [7, 11) is 1.56. The zero-order chi connectivity index (χ0) is 15.2. The molecule has 0 atom stereocenters. The van der Waals surface area contributed by atoms with E-state index in [1.165, 1.54) is 6.20 Å². The molecule has 0 fully saturated rings. The molecule has 5 nitrogen and oxygen atoms in total. The van der Waals surface area contributed by atoms with Gasteiger partial charge in [-0.1, -0.05) is 6.08 Å². The van der Waals surface area contributed by atoms with E-state index in [-0.39, 0.29) is 5.91 Å². The predicted octanol–water partition coefficient (Wildman–Crippen LogP) is 2.54. The highest BCUT2D eigenvalue weighted by molar-refractivity contribution is 5.92. The average Bonchev–Trinajstić information content (AvgIpc) is 2.50. The lowest BCUT2D eigenvalue weighted by atomic mass is 10.1. The Morgan fingerprint density at radius 1 is 1.43 bits per heavy atom. The number of nitrogens with two attached hydrogens (primary N) is 1. The summed E-state index contributed by atoms with van der Waals surface area (Å²) >= 11 is 0. The number of carbonyl (C=O) groups excluding carboxylic acids is 1. The Balaban J connectivity index is 2.29. The summed E-state index contributed by atoms with van der Waals surface area (Å²) < 4.78 is 5.83. The first kappa shape index (κ1) is 14.6. The van der Waals surface area contributed by atoms with Crippen molar-refractivity contribution < 1.29 is 9.53 Å². The van der Waals surface area contributed by atoms with Crippen LogP contribution in [0.5, 0.6) is 11.5 Å². The maximum atomic E-state index is 11.6. The molecule has 2 rings (SSSR count). The topological polar surface area (TPSA) is 77.2 Å². The van der Waals surface area contributed by atoms with Crippen molar-refractivity contribution in [1.82, 2.24) is 10.3 Å². The molecule has 1 aromatic heterocycles. The first-order chi connectivity index (χ1) is 10.1. The molecule has 0 aliphatic rings. The number of hydrogen-bond donors (Lipinski definition) is 2. The molecule has 0 aliphatic heterocycles. The SMILES string of the molecule is C=CCc1cc(N)ccc1Oc1ccnc(C(=O)NC)c1. The van der Waals surface area contributed by atoms with Gasteiger partial charge >= 0.3 is 0 Å². The van der Waals surface area contributed by atoms with Gasteiger partial charge in [0.05, 0.1) is 0 Å². The fourth-order valence-electron chi connectivity index (χ4n) is 1.87. The number of anilines is 1. The molecule has 0 radical (unpaired) electrons. The molecule has 0 spiro atoms. The van der Waals surface area contributed by atoms with E-state index in [0.717, 1.165) is 5.56 Å². The van der Waals surface area contributed by atoms with Gasteiger partial charge < -0.3 is 15.8 Å². The van der Waals surface area contributed by atoms with Gasteiger partial charge in [0.25, 0.3) is 5.91 Å². The van der Waals surface area contributed by atoms with Crippen LogP contribution >= 0.6 is 0 Å². The van der Waals surface area contributed by atoms with E-state index in [0.29, 0.717) is 29.3 Å². The van der Waals surface area contributed by atoms with Gasteiger partial charge in [-0.25, -0.2) is 0 Å². The third-order valence-corrected chi connectivity index (χ3v) is 2.87. The minimum absolute atomic E-state index is 0.260. The second-order valence-electron chi connectivity index (χ2n) is 4.42. The smallest absolute Gasteiger partial charge is 0.269 e. The third-order valence-electron chi connectivity index (χ3n) is 2.87. The lowest BCUT2D eigenvalue weighted by molar-refractivity contribution is 0.0958. The second kappa shape index (κ2) is 6.56. The monoisotopic (exact) mass is 283 g/mol. The van der Waals surface area contributed by atoms with Gasteiger partial charge in [-0.3, -0.25) is 9.78 Å². The first-order valence-corrected chi connectivity index (χ1v) is 6.49. The summed E-state index contributed by atoms with van der Waals surface area (Å²) in [6, 6.07) is 8.70. The first-order valence-electron chi connectivity index (χ1n) is 6.49. The van der Waals surface area contributed by atoms with Crippen LogP contribution in [0.3, 0.4) is 0 Å². The number of allylic oxidation sites excluding steroid dienone is 1. The summed E-state index contributed by atoms with van der Waals surface area (Å²) in [6.45, 7) is 3.72. The molecule has 21 heavy (non-hydrogen) atoms. The van der Waals surface area contributed by atoms with Crippen LogP contribution in [0.4, 0.5) is 5.69 Å². The largest absolute Gasteiger partial charge is 0.457 e. The maximum Gasteiger partial charge on any atom is 0.269 e. The third kappa shape index (κ3) is 3.60. The molecular weight excluding hydrogens is 266 g/mol. The number of nitrogens with one attached hydrogen (secondary N) is 1. The highest BCUT2D eigenvalue weighted by Gasteiger charge is 2.09. The van der Waals surface area contributed by atoms with Gasteiger partial charge in [-0.2, -0.15) is 0 Å². The van der Waals surface area contributed by atoms with Crippen molar-refractivity contribution >= 4 is 11.6 Å². The van der Waals surface area contributed by atoms with Crippen LogP contribution in [0.25, 0.3) is 0 Å². The van der Waals surface area contributed by atoms with E-state index in [1.54, 1.807) is 37.4 Å². The number of pyridine rings is 1. The zero-order valence-electron chi connectivity index (χ0n) is 11.8. The number of rotatable bonds is 5. The molecule has 1 amide bonds. The summed E-state index contributed by atoms with van der Waals surface area (Å²) in [4.78, 5) is 15.6. The number of benzene rings is 1. The van der Waals surface area contributed by atoms with Crippen molar-refractivity contribution in [2.24, 2.45) is 0 Å². The van der Waals surface area contributed by atoms with Crippen molar-refractivity contribution in [2.45, 2.75) is 6.42 Å². The van der Waals surface area contributed by atoms with Crippen molar-refractivity contribution in [3.63, 3.8) is 0 Å². The van der Waals surface area contributed by atoms with Crippen LogP contribution < -0.4 is 15.8 Å². The number of aromatic nitrogens is 1. The van der Waals surface area contributed by atoms with Crippen LogP contribution in [0.2, 0.25) is 0 Å². The molecule has 0 saturated carbocycles. The van der Waals surface area contributed by atoms with Gasteiger partial charge in [-0.15, -0.1) is 6.58 Å². The maximum absolute atomic E-state index is 11.6. The Bertz CT molecular complexity index is 668. The van der Waals surface area contributed by atoms with Gasteiger partial charge in [-0.05, 0) is 30.7 Å². The molecule has 2 aromatic rings. The lowest BCUT2D eigenvalue weighted by Crippen LogP contribution is -2.18. The zero-order valence-corrected chi connectivity index (χ0v) is 11.8. The Kier molecular flexibility index (Phi) is 4.56. The second-order valence-corrected chi connectivity index (χ2v) is 4.42. The fraction of sp³-hybridized carbons (Fsp3) is 0.125. The number of nitrogens with zero attached hydrogens (tertiary/aromatic N) is 1. The number of ether oxygens (including phenoxy) is 1. The van der Waals surface area contributed by atoms with E-state index >= 15 is 0 Å². The lowest BCUT2D eigenvalue weighted by Gasteiger charge is -2.11. The molecule has 1 aromatic carbocycles. The molecular formula is C16H17N3O2. The minimum Gasteiger partial charge on any atom is -0.457 e. The van der Waals surface area contributed by atoms with E-state index < -0.39 is 0 Å². The van der Waals surface area contributed by atoms with Gasteiger partial charge in [0.15, 0.2) is 0 Å². The highest BCUT2D eigenvalue weighted by Crippen LogP contribution is 2.27. The Hall–Kier alpha value is -2.82. The summed E-state index contributed by atoms with van der Waals surface area (Å²) in [5, 5.41) is 2.52. The summed E-state index contributed by atoms with van der Waals surface area (Å²) in [6.07, 6.45) is 3.96. The van der Waals surface area contributed by atoms with Crippen LogP contribution in [-0.4, -0.2) is 17.9 Å². The molecule has 0 bridgehead atoms. The van der Waals surface area contributed by atoms with Crippen molar-refractivity contribution in [2.75, 3.05) is 12.8 Å². The summed E-state index contributed by atoms with van der Waals surface area (Å²) in [5.74, 6) is 0.959. The Morgan fingerprint density at radius 2 is 2.24 bits per heavy atom. The quantitative estimate of drug-likeness (QED) is 0.653. The van der Waals surface area contributed by atoms with Crippen LogP contribution in [-0.2, 0) is 6.42 Å². The van der Waals surface area contributed by atoms with E-state index in [1.807, 2.05) is 6.07 Å². The van der Waals surface area contributed by atoms with E-state index in [4.69, 9.17) is 10.5 Å². The number of nitrogen functional groups attached to an aromatic ring is 1. The highest BCUT2D eigenvalue weighted by atomic mass is 16.5. The molecule has 108 valence electrons. The number of hydrogen-bond acceptors (Lipinski definition) is 4. The molecule has 3 N–H and O–H groups in total. The van der Waals surface area contributed by atoms with Gasteiger partial charge in [0.1, 0.15) is 17.2 Å². The molecule has 1 heterocycles. The van der Waals surface area contributed by atoms with E-state index in [9.17, 15) is 4.79 Å². The van der Waals surface area contributed by atoms with E-state index in [2.05, 4.69) is 16.9 Å². The van der Waals surface area contributed by atoms with Crippen LogP contribution in [0, 0.1) is 0 Å². The molecule has 5 heteroatoms. The standard InChI is InChI=1S/C16H17N3O2/c1-3-4-11-9-12(17)5-6-15(11)21-13-7-8-19-14(10-13)16(20)18-2/h3,5-10H,1,4,17H2,2H3,(H,18,20). The molecule has 0 aliphatic carbocycles. The van der Waals surface area contributed by atoms with Gasteiger partial charge in [0, 0.05) is 30.6 Å². The normalized spacial score (nSPS) is 9.95. The minimum atomic E-state index is -0.260. The van der Waals surface area contributed by atoms with Crippen LogP contribution in [0.15, 0.2) is 49.2 Å². The Labute approximate surface area is 123 Å². The van der Waals surface area contributed by atoms with Crippen molar-refractivity contribution in [3.8, 4) is 11.5 Å². The Morgan fingerprint density at radius 3 is 2.95 bits per heavy atom. The fourth-order valence-corrected chi connectivity index (χ4v) is 1.87. The predicted molar refractivity (Wildman–Crippen MR) is 82.5 cm³/mol. The number of carbonyl (C=O) groups is 1. The van der Waals surface area contributed by atoms with Gasteiger partial charge in [0.2, 0.25) is 0 Å². The average molecular weight is 283 g/mol. The number of amides is 1. The van der Waals surface area contributed by atoms with Crippen molar-refractivity contribution in [3.05, 3.63) is 60.4 Å².